The summed E-state index contributed by atoms with van der Waals surface area (Å²) in [6.45, 7) is 1.71. The number of carbonyl (C=O) groups excluding carboxylic acids is 2. The zero-order chi connectivity index (χ0) is 19.5. The van der Waals surface area contributed by atoms with E-state index in [2.05, 4.69) is 10.3 Å². The maximum atomic E-state index is 12.2. The molecule has 0 saturated carbocycles. The summed E-state index contributed by atoms with van der Waals surface area (Å²) in [6.07, 6.45) is 4.38. The van der Waals surface area contributed by atoms with Gasteiger partial charge >= 0.3 is 5.97 Å². The maximum Gasteiger partial charge on any atom is 0.348 e. The van der Waals surface area contributed by atoms with Gasteiger partial charge in [-0.1, -0.05) is 29.8 Å². The Hall–Kier alpha value is -2.51. The molecule has 4 rings (SSSR count). The van der Waals surface area contributed by atoms with Gasteiger partial charge in [-0.15, -0.1) is 22.7 Å². The number of nitrogens with zero attached hydrogens (tertiary/aromatic N) is 1. The Morgan fingerprint density at radius 1 is 1.18 bits per heavy atom. The quantitative estimate of drug-likeness (QED) is 0.608. The molecular weight excluding hydrogens is 392 g/mol. The van der Waals surface area contributed by atoms with Gasteiger partial charge in [0.1, 0.15) is 4.88 Å². The predicted molar refractivity (Wildman–Crippen MR) is 112 cm³/mol. The molecule has 0 bridgehead atoms. The van der Waals surface area contributed by atoms with Crippen molar-refractivity contribution in [1.82, 2.24) is 4.98 Å². The number of aromatic nitrogens is 1. The van der Waals surface area contributed by atoms with Crippen molar-refractivity contribution in [3.63, 3.8) is 0 Å². The normalized spacial score (nSPS) is 13.0. The van der Waals surface area contributed by atoms with E-state index in [9.17, 15) is 9.59 Å². The molecule has 0 atom stereocenters. The summed E-state index contributed by atoms with van der Waals surface area (Å²) < 4.78 is 5.18. The average molecular weight is 413 g/mol. The highest BCUT2D eigenvalue weighted by Crippen LogP contribution is 2.30. The molecule has 1 aromatic carbocycles. The van der Waals surface area contributed by atoms with E-state index in [1.165, 1.54) is 51.5 Å². The van der Waals surface area contributed by atoms with Crippen LogP contribution in [0.25, 0.3) is 11.3 Å². The molecule has 1 aliphatic rings. The maximum absolute atomic E-state index is 12.2. The van der Waals surface area contributed by atoms with Gasteiger partial charge in [-0.2, -0.15) is 0 Å². The van der Waals surface area contributed by atoms with Crippen LogP contribution < -0.4 is 5.32 Å². The molecule has 0 unspecified atom stereocenters. The minimum absolute atomic E-state index is 0.319. The number of ether oxygens (including phenoxy) is 1. The van der Waals surface area contributed by atoms with Crippen LogP contribution in [0.3, 0.4) is 0 Å². The number of amides is 1. The molecule has 7 heteroatoms. The fourth-order valence-electron chi connectivity index (χ4n) is 3.14. The number of carbonyl (C=O) groups is 2. The zero-order valence-electron chi connectivity index (χ0n) is 15.5. The van der Waals surface area contributed by atoms with E-state index in [4.69, 9.17) is 4.74 Å². The highest BCUT2D eigenvalue weighted by Gasteiger charge is 2.19. The second kappa shape index (κ2) is 8.24. The van der Waals surface area contributed by atoms with Crippen LogP contribution in [-0.2, 0) is 22.4 Å². The lowest BCUT2D eigenvalue weighted by Crippen LogP contribution is -2.20. The number of hydrogen-bond acceptors (Lipinski definition) is 6. The standard InChI is InChI=1S/C21H20N2O3S2/c1-13-6-8-14(9-7-13)16-12-27-21(22-16)23-19(24)11-26-20(25)18-10-15-4-2-3-5-17(15)28-18/h6-10,12H,2-5,11H2,1H3,(H,22,23,24). The summed E-state index contributed by atoms with van der Waals surface area (Å²) in [5, 5.41) is 5.07. The van der Waals surface area contributed by atoms with E-state index in [-0.39, 0.29) is 12.5 Å². The molecule has 0 aliphatic heterocycles. The van der Waals surface area contributed by atoms with Gasteiger partial charge in [-0.3, -0.25) is 10.1 Å². The van der Waals surface area contributed by atoms with Crippen LogP contribution in [0.1, 0.15) is 38.5 Å². The molecule has 0 spiro atoms. The SMILES string of the molecule is Cc1ccc(-c2csc(NC(=O)COC(=O)c3cc4c(s3)CCCC4)n2)cc1. The van der Waals surface area contributed by atoms with Gasteiger partial charge in [0, 0.05) is 15.8 Å². The van der Waals surface area contributed by atoms with Crippen molar-refractivity contribution in [3.05, 3.63) is 56.6 Å². The minimum Gasteiger partial charge on any atom is -0.451 e. The predicted octanol–water partition coefficient (Wildman–Crippen LogP) is 4.85. The number of fused-ring (bicyclic) bond motifs is 1. The third kappa shape index (κ3) is 4.31. The van der Waals surface area contributed by atoms with Crippen LogP contribution in [0.5, 0.6) is 0 Å². The van der Waals surface area contributed by atoms with Gasteiger partial charge in [0.2, 0.25) is 0 Å². The molecule has 3 aromatic rings. The van der Waals surface area contributed by atoms with Crippen molar-refractivity contribution >= 4 is 39.7 Å². The number of aryl methyl sites for hydroxylation is 3. The van der Waals surface area contributed by atoms with E-state index in [0.29, 0.717) is 10.0 Å². The van der Waals surface area contributed by atoms with E-state index in [0.717, 1.165) is 24.1 Å². The van der Waals surface area contributed by atoms with E-state index in [1.807, 2.05) is 42.6 Å². The van der Waals surface area contributed by atoms with Crippen LogP contribution >= 0.6 is 22.7 Å². The fourth-order valence-corrected chi connectivity index (χ4v) is 5.02. The second-order valence-corrected chi connectivity index (χ2v) is 8.79. The largest absolute Gasteiger partial charge is 0.451 e. The monoisotopic (exact) mass is 412 g/mol. The average Bonchev–Trinajstić information content (AvgIpc) is 3.33. The van der Waals surface area contributed by atoms with Gasteiger partial charge in [0.25, 0.3) is 5.91 Å². The summed E-state index contributed by atoms with van der Waals surface area (Å²) in [5.41, 5.74) is 4.23. The van der Waals surface area contributed by atoms with Crippen molar-refractivity contribution in [2.24, 2.45) is 0 Å². The zero-order valence-corrected chi connectivity index (χ0v) is 17.1. The molecule has 0 radical (unpaired) electrons. The van der Waals surface area contributed by atoms with Crippen LogP contribution in [0.4, 0.5) is 5.13 Å². The molecular formula is C21H20N2O3S2. The van der Waals surface area contributed by atoms with Crippen molar-refractivity contribution in [1.29, 1.82) is 0 Å². The molecule has 2 aromatic heterocycles. The van der Waals surface area contributed by atoms with Crippen molar-refractivity contribution < 1.29 is 14.3 Å². The highest BCUT2D eigenvalue weighted by atomic mass is 32.1. The number of anilines is 1. The van der Waals surface area contributed by atoms with Crippen LogP contribution in [0, 0.1) is 6.92 Å². The molecule has 5 nitrogen and oxygen atoms in total. The van der Waals surface area contributed by atoms with Gasteiger partial charge in [-0.05, 0) is 44.2 Å². The fraction of sp³-hybridized carbons (Fsp3) is 0.286. The van der Waals surface area contributed by atoms with Crippen LogP contribution in [0.15, 0.2) is 35.7 Å². The molecule has 0 fully saturated rings. The Labute approximate surface area is 171 Å². The first-order chi connectivity index (χ1) is 13.6. The number of benzene rings is 1. The van der Waals surface area contributed by atoms with Crippen molar-refractivity contribution in [2.75, 3.05) is 11.9 Å². The van der Waals surface area contributed by atoms with Gasteiger partial charge < -0.3 is 4.74 Å². The molecule has 0 saturated heterocycles. The number of thiazole rings is 1. The number of rotatable bonds is 5. The van der Waals surface area contributed by atoms with Crippen molar-refractivity contribution in [3.8, 4) is 11.3 Å². The number of hydrogen-bond donors (Lipinski definition) is 1. The molecule has 144 valence electrons. The summed E-state index contributed by atoms with van der Waals surface area (Å²) in [5.74, 6) is -0.825. The number of nitrogens with one attached hydrogen (secondary N) is 1. The molecule has 1 amide bonds. The van der Waals surface area contributed by atoms with Crippen molar-refractivity contribution in [2.45, 2.75) is 32.6 Å². The molecule has 2 heterocycles. The first kappa shape index (κ1) is 18.8. The molecule has 1 aliphatic carbocycles. The minimum atomic E-state index is -0.436. The van der Waals surface area contributed by atoms with Gasteiger partial charge in [-0.25, -0.2) is 9.78 Å². The van der Waals surface area contributed by atoms with E-state index >= 15 is 0 Å². The lowest BCUT2D eigenvalue weighted by molar-refractivity contribution is -0.119. The topological polar surface area (TPSA) is 68.3 Å². The lowest BCUT2D eigenvalue weighted by Gasteiger charge is -2.08. The summed E-state index contributed by atoms with van der Waals surface area (Å²) in [4.78, 5) is 30.6. The lowest BCUT2D eigenvalue weighted by atomic mass is 9.99. The highest BCUT2D eigenvalue weighted by molar-refractivity contribution is 7.14. The second-order valence-electron chi connectivity index (χ2n) is 6.79. The summed E-state index contributed by atoms with van der Waals surface area (Å²) >= 11 is 2.83. The Balaban J connectivity index is 1.31. The van der Waals surface area contributed by atoms with Gasteiger partial charge in [0.05, 0.1) is 5.69 Å². The Morgan fingerprint density at radius 3 is 2.75 bits per heavy atom. The number of esters is 1. The third-order valence-electron chi connectivity index (χ3n) is 4.63. The van der Waals surface area contributed by atoms with Crippen LogP contribution in [-0.4, -0.2) is 23.5 Å². The molecule has 1 N–H and O–H groups in total. The Morgan fingerprint density at radius 2 is 1.96 bits per heavy atom. The first-order valence-electron chi connectivity index (χ1n) is 9.19. The van der Waals surface area contributed by atoms with Gasteiger partial charge in [0.15, 0.2) is 11.7 Å². The Bertz CT molecular complexity index is 982. The summed E-state index contributed by atoms with van der Waals surface area (Å²) in [6, 6.07) is 9.95. The summed E-state index contributed by atoms with van der Waals surface area (Å²) in [7, 11) is 0. The third-order valence-corrected chi connectivity index (χ3v) is 6.60. The number of thiophene rings is 1. The Kier molecular flexibility index (Phi) is 5.54. The van der Waals surface area contributed by atoms with Crippen LogP contribution in [0.2, 0.25) is 0 Å². The molecule has 28 heavy (non-hydrogen) atoms. The van der Waals surface area contributed by atoms with E-state index < -0.39 is 5.97 Å². The van der Waals surface area contributed by atoms with E-state index in [1.54, 1.807) is 0 Å². The first-order valence-corrected chi connectivity index (χ1v) is 10.9. The smallest absolute Gasteiger partial charge is 0.348 e.